The van der Waals surface area contributed by atoms with Crippen LogP contribution in [0.3, 0.4) is 0 Å². The second-order valence-electron chi connectivity index (χ2n) is 8.25. The standard InChI is InChI=1S/C21H27BrN2O3S/c1-13(2)19(14-6-8-15(9-7-14)21(3,4)5)24-20(25)17-12-16(28(23,26)27)10-11-18(17)22/h6-13,19H,1-5H3,(H,24,25)(H2,23,26,27). The van der Waals surface area contributed by atoms with Crippen LogP contribution in [-0.4, -0.2) is 14.3 Å². The highest BCUT2D eigenvalue weighted by molar-refractivity contribution is 9.10. The Hall–Kier alpha value is -1.70. The lowest BCUT2D eigenvalue weighted by Gasteiger charge is -2.25. The summed E-state index contributed by atoms with van der Waals surface area (Å²) in [6, 6.07) is 12.2. The second-order valence-corrected chi connectivity index (χ2v) is 10.7. The number of carbonyl (C=O) groups excluding carboxylic acids is 1. The van der Waals surface area contributed by atoms with Crippen molar-refractivity contribution in [2.75, 3.05) is 0 Å². The van der Waals surface area contributed by atoms with Gasteiger partial charge in [-0.05, 0) is 56.6 Å². The number of sulfonamides is 1. The van der Waals surface area contributed by atoms with Gasteiger partial charge in [-0.3, -0.25) is 4.79 Å². The summed E-state index contributed by atoms with van der Waals surface area (Å²) in [6.45, 7) is 10.5. The first-order valence-corrected chi connectivity index (χ1v) is 11.4. The Balaban J connectivity index is 2.34. The lowest BCUT2D eigenvalue weighted by molar-refractivity contribution is 0.0924. The molecule has 152 valence electrons. The molecule has 0 bridgehead atoms. The van der Waals surface area contributed by atoms with Crippen LogP contribution in [0.15, 0.2) is 51.8 Å². The number of amides is 1. The number of carbonyl (C=O) groups is 1. The largest absolute Gasteiger partial charge is 0.345 e. The Kier molecular flexibility index (Phi) is 6.74. The van der Waals surface area contributed by atoms with Gasteiger partial charge in [0.2, 0.25) is 10.0 Å². The van der Waals surface area contributed by atoms with Crippen molar-refractivity contribution in [3.05, 3.63) is 63.6 Å². The zero-order valence-corrected chi connectivity index (χ0v) is 19.2. The summed E-state index contributed by atoms with van der Waals surface area (Å²) in [5, 5.41) is 8.21. The first kappa shape index (κ1) is 22.6. The number of hydrogen-bond donors (Lipinski definition) is 2. The summed E-state index contributed by atoms with van der Waals surface area (Å²) in [4.78, 5) is 12.8. The van der Waals surface area contributed by atoms with Crippen molar-refractivity contribution in [1.29, 1.82) is 0 Å². The molecule has 0 spiro atoms. The summed E-state index contributed by atoms with van der Waals surface area (Å²) in [7, 11) is -3.89. The second kappa shape index (κ2) is 8.35. The number of benzene rings is 2. The molecule has 0 aliphatic heterocycles. The first-order valence-electron chi connectivity index (χ1n) is 9.04. The third kappa shape index (κ3) is 5.43. The molecule has 1 atom stereocenters. The van der Waals surface area contributed by atoms with Crippen LogP contribution in [0.5, 0.6) is 0 Å². The van der Waals surface area contributed by atoms with Crippen LogP contribution in [0, 0.1) is 5.92 Å². The molecule has 2 aromatic carbocycles. The Morgan fingerprint density at radius 2 is 1.64 bits per heavy atom. The molecular formula is C21H27BrN2O3S. The van der Waals surface area contributed by atoms with E-state index < -0.39 is 10.0 Å². The molecule has 0 aliphatic carbocycles. The SMILES string of the molecule is CC(C)C(NC(=O)c1cc(S(N)(=O)=O)ccc1Br)c1ccc(C(C)(C)C)cc1. The molecule has 5 nitrogen and oxygen atoms in total. The van der Waals surface area contributed by atoms with Crippen LogP contribution in [0.1, 0.15) is 62.1 Å². The van der Waals surface area contributed by atoms with Gasteiger partial charge >= 0.3 is 0 Å². The molecule has 28 heavy (non-hydrogen) atoms. The minimum atomic E-state index is -3.89. The molecule has 7 heteroatoms. The molecule has 2 aromatic rings. The van der Waals surface area contributed by atoms with Gasteiger partial charge in [0.05, 0.1) is 16.5 Å². The molecule has 2 rings (SSSR count). The fourth-order valence-corrected chi connectivity index (χ4v) is 3.87. The van der Waals surface area contributed by atoms with Crippen molar-refractivity contribution in [2.24, 2.45) is 11.1 Å². The van der Waals surface area contributed by atoms with E-state index in [1.807, 2.05) is 26.0 Å². The molecule has 0 fully saturated rings. The Labute approximate surface area is 175 Å². The number of rotatable bonds is 5. The molecule has 0 saturated carbocycles. The van der Waals surface area contributed by atoms with Gasteiger partial charge in [0.25, 0.3) is 5.91 Å². The Morgan fingerprint density at radius 1 is 1.07 bits per heavy atom. The fourth-order valence-electron chi connectivity index (χ4n) is 2.90. The van der Waals surface area contributed by atoms with E-state index in [4.69, 9.17) is 5.14 Å². The van der Waals surface area contributed by atoms with E-state index >= 15 is 0 Å². The first-order chi connectivity index (χ1) is 12.8. The predicted octanol–water partition coefficient (Wildman–Crippen LogP) is 4.52. The number of halogens is 1. The van der Waals surface area contributed by atoms with Gasteiger partial charge in [0, 0.05) is 4.47 Å². The van der Waals surface area contributed by atoms with Crippen molar-refractivity contribution in [2.45, 2.75) is 51.0 Å². The number of primary sulfonamides is 1. The lowest BCUT2D eigenvalue weighted by atomic mass is 9.85. The van der Waals surface area contributed by atoms with E-state index in [1.165, 1.54) is 23.8 Å². The number of nitrogens with two attached hydrogens (primary N) is 1. The number of hydrogen-bond acceptors (Lipinski definition) is 3. The normalized spacial score (nSPS) is 13.4. The van der Waals surface area contributed by atoms with Crippen LogP contribution >= 0.6 is 15.9 Å². The highest BCUT2D eigenvalue weighted by Gasteiger charge is 2.22. The molecule has 0 aliphatic rings. The van der Waals surface area contributed by atoms with E-state index in [1.54, 1.807) is 0 Å². The van der Waals surface area contributed by atoms with Gasteiger partial charge in [-0.25, -0.2) is 13.6 Å². The minimum Gasteiger partial charge on any atom is -0.345 e. The van der Waals surface area contributed by atoms with Crippen LogP contribution in [0.25, 0.3) is 0 Å². The molecule has 1 amide bonds. The van der Waals surface area contributed by atoms with E-state index in [-0.39, 0.29) is 33.7 Å². The summed E-state index contributed by atoms with van der Waals surface area (Å²) in [6.07, 6.45) is 0. The van der Waals surface area contributed by atoms with E-state index in [0.29, 0.717) is 4.47 Å². The third-order valence-corrected chi connectivity index (χ3v) is 6.20. The summed E-state index contributed by atoms with van der Waals surface area (Å²) >= 11 is 3.32. The van der Waals surface area contributed by atoms with E-state index in [9.17, 15) is 13.2 Å². The molecular weight excluding hydrogens is 440 g/mol. The summed E-state index contributed by atoms with van der Waals surface area (Å²) in [5.74, 6) is -0.222. The quantitative estimate of drug-likeness (QED) is 0.678. The highest BCUT2D eigenvalue weighted by Crippen LogP contribution is 2.28. The van der Waals surface area contributed by atoms with E-state index in [0.717, 1.165) is 5.56 Å². The van der Waals surface area contributed by atoms with Gasteiger partial charge in [-0.2, -0.15) is 0 Å². The predicted molar refractivity (Wildman–Crippen MR) is 116 cm³/mol. The van der Waals surface area contributed by atoms with Gasteiger partial charge < -0.3 is 5.32 Å². The summed E-state index contributed by atoms with van der Waals surface area (Å²) < 4.78 is 23.7. The average Bonchev–Trinajstić information content (AvgIpc) is 2.58. The lowest BCUT2D eigenvalue weighted by Crippen LogP contribution is -2.32. The topological polar surface area (TPSA) is 89.3 Å². The highest BCUT2D eigenvalue weighted by atomic mass is 79.9. The van der Waals surface area contributed by atoms with E-state index in [2.05, 4.69) is 54.2 Å². The van der Waals surface area contributed by atoms with Gasteiger partial charge in [-0.15, -0.1) is 0 Å². The Morgan fingerprint density at radius 3 is 2.11 bits per heavy atom. The minimum absolute atomic E-state index is 0.0497. The third-order valence-electron chi connectivity index (χ3n) is 4.60. The van der Waals surface area contributed by atoms with Gasteiger partial charge in [0.15, 0.2) is 0 Å². The van der Waals surface area contributed by atoms with Crippen LogP contribution in [-0.2, 0) is 15.4 Å². The van der Waals surface area contributed by atoms with Crippen molar-refractivity contribution < 1.29 is 13.2 Å². The van der Waals surface area contributed by atoms with Gasteiger partial charge in [-0.1, -0.05) is 58.9 Å². The zero-order valence-electron chi connectivity index (χ0n) is 16.8. The maximum absolute atomic E-state index is 12.9. The molecule has 0 radical (unpaired) electrons. The van der Waals surface area contributed by atoms with Crippen molar-refractivity contribution in [3.63, 3.8) is 0 Å². The van der Waals surface area contributed by atoms with Crippen molar-refractivity contribution in [1.82, 2.24) is 5.32 Å². The van der Waals surface area contributed by atoms with Crippen LogP contribution in [0.4, 0.5) is 0 Å². The van der Waals surface area contributed by atoms with Crippen molar-refractivity contribution in [3.8, 4) is 0 Å². The maximum atomic E-state index is 12.9. The van der Waals surface area contributed by atoms with Crippen LogP contribution < -0.4 is 10.5 Å². The van der Waals surface area contributed by atoms with Crippen molar-refractivity contribution >= 4 is 31.9 Å². The Bertz CT molecular complexity index is 962. The molecule has 0 heterocycles. The average molecular weight is 467 g/mol. The molecule has 1 unspecified atom stereocenters. The zero-order chi connectivity index (χ0) is 21.3. The molecule has 3 N–H and O–H groups in total. The maximum Gasteiger partial charge on any atom is 0.252 e. The monoisotopic (exact) mass is 466 g/mol. The fraction of sp³-hybridized carbons (Fsp3) is 0.381. The summed E-state index contributed by atoms with van der Waals surface area (Å²) in [5.41, 5.74) is 2.49. The molecule has 0 saturated heterocycles. The van der Waals surface area contributed by atoms with Gasteiger partial charge in [0.1, 0.15) is 0 Å². The smallest absolute Gasteiger partial charge is 0.252 e. The van der Waals surface area contributed by atoms with Crippen LogP contribution in [0.2, 0.25) is 0 Å². The number of nitrogens with one attached hydrogen (secondary N) is 1. The molecule has 0 aromatic heterocycles.